The summed E-state index contributed by atoms with van der Waals surface area (Å²) in [6.07, 6.45) is 3.65. The van der Waals surface area contributed by atoms with Crippen LogP contribution in [0.1, 0.15) is 49.0 Å². The van der Waals surface area contributed by atoms with Crippen LogP contribution in [0.3, 0.4) is 0 Å². The van der Waals surface area contributed by atoms with E-state index in [0.717, 1.165) is 36.9 Å². The van der Waals surface area contributed by atoms with Crippen LogP contribution in [-0.4, -0.2) is 29.7 Å². The van der Waals surface area contributed by atoms with Crippen molar-refractivity contribution in [3.8, 4) is 0 Å². The molecule has 0 fully saturated rings. The third-order valence-corrected chi connectivity index (χ3v) is 3.93. The SMILES string of the molecule is CCCC(CC)NC(=O)N1CCc2ccc(C(=O)O)cc21. The van der Waals surface area contributed by atoms with Gasteiger partial charge in [0.05, 0.1) is 5.56 Å². The van der Waals surface area contributed by atoms with Gasteiger partial charge in [-0.1, -0.05) is 26.3 Å². The Bertz CT molecular complexity index is 542. The lowest BCUT2D eigenvalue weighted by Gasteiger charge is -2.23. The molecular formula is C16H22N2O3. The van der Waals surface area contributed by atoms with E-state index in [-0.39, 0.29) is 17.6 Å². The molecule has 21 heavy (non-hydrogen) atoms. The molecule has 1 aromatic carbocycles. The molecule has 5 nitrogen and oxygen atoms in total. The molecule has 2 amide bonds. The molecule has 1 aliphatic rings. The summed E-state index contributed by atoms with van der Waals surface area (Å²) in [6, 6.07) is 5.03. The van der Waals surface area contributed by atoms with Gasteiger partial charge in [-0.15, -0.1) is 0 Å². The summed E-state index contributed by atoms with van der Waals surface area (Å²) in [5.74, 6) is -0.970. The summed E-state index contributed by atoms with van der Waals surface area (Å²) in [5.41, 5.74) is 1.96. The first kappa shape index (κ1) is 15.4. The number of hydrogen-bond donors (Lipinski definition) is 2. The Morgan fingerprint density at radius 3 is 2.76 bits per heavy atom. The van der Waals surface area contributed by atoms with Crippen molar-refractivity contribution >= 4 is 17.7 Å². The molecule has 1 atom stereocenters. The second kappa shape index (κ2) is 6.61. The van der Waals surface area contributed by atoms with Crippen LogP contribution in [0, 0.1) is 0 Å². The van der Waals surface area contributed by atoms with E-state index >= 15 is 0 Å². The van der Waals surface area contributed by atoms with E-state index in [1.165, 1.54) is 0 Å². The Balaban J connectivity index is 2.15. The van der Waals surface area contributed by atoms with E-state index in [1.807, 2.05) is 0 Å². The third kappa shape index (κ3) is 3.35. The van der Waals surface area contributed by atoms with Crippen LogP contribution in [-0.2, 0) is 6.42 Å². The summed E-state index contributed by atoms with van der Waals surface area (Å²) in [4.78, 5) is 25.1. The van der Waals surface area contributed by atoms with Crippen molar-refractivity contribution in [3.63, 3.8) is 0 Å². The minimum absolute atomic E-state index is 0.128. The highest BCUT2D eigenvalue weighted by Crippen LogP contribution is 2.29. The molecule has 0 spiro atoms. The fraction of sp³-hybridized carbons (Fsp3) is 0.500. The molecule has 114 valence electrons. The van der Waals surface area contributed by atoms with Crippen molar-refractivity contribution in [1.29, 1.82) is 0 Å². The van der Waals surface area contributed by atoms with Gasteiger partial charge in [-0.3, -0.25) is 4.90 Å². The fourth-order valence-electron chi connectivity index (χ4n) is 2.70. The predicted octanol–water partition coefficient (Wildman–Crippen LogP) is 3.04. The van der Waals surface area contributed by atoms with Gasteiger partial charge >= 0.3 is 12.0 Å². The quantitative estimate of drug-likeness (QED) is 0.875. The standard InChI is InChI=1S/C16H22N2O3/c1-3-5-13(4-2)17-16(21)18-9-8-11-6-7-12(15(19)20)10-14(11)18/h6-7,10,13H,3-5,8-9H2,1-2H3,(H,17,21)(H,19,20). The first-order chi connectivity index (χ1) is 10.1. The highest BCUT2D eigenvalue weighted by atomic mass is 16.4. The number of urea groups is 1. The van der Waals surface area contributed by atoms with E-state index in [0.29, 0.717) is 6.54 Å². The molecule has 1 heterocycles. The van der Waals surface area contributed by atoms with Crippen LogP contribution in [0.2, 0.25) is 0 Å². The van der Waals surface area contributed by atoms with E-state index < -0.39 is 5.97 Å². The number of anilines is 1. The number of nitrogens with one attached hydrogen (secondary N) is 1. The van der Waals surface area contributed by atoms with Gasteiger partial charge in [-0.2, -0.15) is 0 Å². The van der Waals surface area contributed by atoms with Crippen molar-refractivity contribution in [2.45, 2.75) is 45.6 Å². The summed E-state index contributed by atoms with van der Waals surface area (Å²) in [6.45, 7) is 4.76. The molecule has 0 aromatic heterocycles. The second-order valence-corrected chi connectivity index (χ2v) is 5.39. The molecule has 0 aliphatic carbocycles. The maximum Gasteiger partial charge on any atom is 0.335 e. The number of carbonyl (C=O) groups is 2. The van der Waals surface area contributed by atoms with E-state index in [2.05, 4.69) is 19.2 Å². The fourth-order valence-corrected chi connectivity index (χ4v) is 2.70. The first-order valence-electron chi connectivity index (χ1n) is 7.51. The Labute approximate surface area is 125 Å². The molecule has 2 N–H and O–H groups in total. The van der Waals surface area contributed by atoms with Crippen molar-refractivity contribution in [1.82, 2.24) is 5.32 Å². The lowest BCUT2D eigenvalue weighted by molar-refractivity contribution is 0.0697. The lowest BCUT2D eigenvalue weighted by atomic mass is 10.1. The van der Waals surface area contributed by atoms with Crippen LogP contribution < -0.4 is 10.2 Å². The molecule has 1 aromatic rings. The molecule has 1 aliphatic heterocycles. The monoisotopic (exact) mass is 290 g/mol. The van der Waals surface area contributed by atoms with E-state index in [4.69, 9.17) is 5.11 Å². The van der Waals surface area contributed by atoms with E-state index in [1.54, 1.807) is 23.1 Å². The third-order valence-electron chi connectivity index (χ3n) is 3.93. The van der Waals surface area contributed by atoms with Crippen LogP contribution in [0.4, 0.5) is 10.5 Å². The zero-order chi connectivity index (χ0) is 15.4. The smallest absolute Gasteiger partial charge is 0.335 e. The maximum atomic E-state index is 12.4. The Hall–Kier alpha value is -2.04. The number of rotatable bonds is 5. The van der Waals surface area contributed by atoms with Gasteiger partial charge in [0.15, 0.2) is 0 Å². The molecule has 0 bridgehead atoms. The molecule has 2 rings (SSSR count). The number of nitrogens with zero attached hydrogens (tertiary/aromatic N) is 1. The highest BCUT2D eigenvalue weighted by molar-refractivity contribution is 5.97. The molecule has 5 heteroatoms. The number of carboxylic acid groups (broad SMARTS) is 1. The number of carboxylic acids is 1. The lowest BCUT2D eigenvalue weighted by Crippen LogP contribution is -2.44. The number of benzene rings is 1. The van der Waals surface area contributed by atoms with Gasteiger partial charge in [-0.05, 0) is 37.0 Å². The van der Waals surface area contributed by atoms with Crippen LogP contribution in [0.15, 0.2) is 18.2 Å². The average molecular weight is 290 g/mol. The van der Waals surface area contributed by atoms with Crippen molar-refractivity contribution in [3.05, 3.63) is 29.3 Å². The molecule has 0 saturated heterocycles. The number of fused-ring (bicyclic) bond motifs is 1. The van der Waals surface area contributed by atoms with Gasteiger partial charge in [0.25, 0.3) is 0 Å². The van der Waals surface area contributed by atoms with Gasteiger partial charge in [0, 0.05) is 18.3 Å². The van der Waals surface area contributed by atoms with Crippen LogP contribution in [0.5, 0.6) is 0 Å². The zero-order valence-corrected chi connectivity index (χ0v) is 12.6. The summed E-state index contributed by atoms with van der Waals surface area (Å²) < 4.78 is 0. The maximum absolute atomic E-state index is 12.4. The van der Waals surface area contributed by atoms with Gasteiger partial charge in [0.1, 0.15) is 0 Å². The first-order valence-corrected chi connectivity index (χ1v) is 7.51. The topological polar surface area (TPSA) is 69.6 Å². The normalized spacial score (nSPS) is 14.7. The number of amides is 2. The summed E-state index contributed by atoms with van der Waals surface area (Å²) in [5, 5.41) is 12.1. The average Bonchev–Trinajstić information content (AvgIpc) is 2.89. The van der Waals surface area contributed by atoms with Crippen LogP contribution in [0.25, 0.3) is 0 Å². The Kier molecular flexibility index (Phi) is 4.83. The number of carbonyl (C=O) groups excluding carboxylic acids is 1. The van der Waals surface area contributed by atoms with Crippen molar-refractivity contribution < 1.29 is 14.7 Å². The Morgan fingerprint density at radius 2 is 2.14 bits per heavy atom. The molecule has 0 radical (unpaired) electrons. The molecule has 1 unspecified atom stereocenters. The molecule has 0 saturated carbocycles. The van der Waals surface area contributed by atoms with Gasteiger partial charge in [-0.25, -0.2) is 9.59 Å². The largest absolute Gasteiger partial charge is 0.478 e. The zero-order valence-electron chi connectivity index (χ0n) is 12.6. The number of aromatic carboxylic acids is 1. The van der Waals surface area contributed by atoms with Crippen LogP contribution >= 0.6 is 0 Å². The van der Waals surface area contributed by atoms with Gasteiger partial charge in [0.2, 0.25) is 0 Å². The van der Waals surface area contributed by atoms with Crippen molar-refractivity contribution in [2.75, 3.05) is 11.4 Å². The minimum Gasteiger partial charge on any atom is -0.478 e. The Morgan fingerprint density at radius 1 is 1.38 bits per heavy atom. The molecular weight excluding hydrogens is 268 g/mol. The summed E-state index contributed by atoms with van der Waals surface area (Å²) in [7, 11) is 0. The predicted molar refractivity (Wildman–Crippen MR) is 82.0 cm³/mol. The highest BCUT2D eigenvalue weighted by Gasteiger charge is 2.26. The minimum atomic E-state index is -0.970. The second-order valence-electron chi connectivity index (χ2n) is 5.39. The summed E-state index contributed by atoms with van der Waals surface area (Å²) >= 11 is 0. The van der Waals surface area contributed by atoms with Crippen molar-refractivity contribution in [2.24, 2.45) is 0 Å². The number of hydrogen-bond acceptors (Lipinski definition) is 2. The van der Waals surface area contributed by atoms with E-state index in [9.17, 15) is 9.59 Å². The van der Waals surface area contributed by atoms with Gasteiger partial charge < -0.3 is 10.4 Å².